The molecule has 4 aromatic rings. The van der Waals surface area contributed by atoms with E-state index in [0.717, 1.165) is 26.7 Å². The molecule has 9 heteroatoms. The van der Waals surface area contributed by atoms with Gasteiger partial charge in [-0.05, 0) is 39.8 Å². The van der Waals surface area contributed by atoms with Crippen molar-refractivity contribution in [3.8, 4) is 22.2 Å². The zero-order chi connectivity index (χ0) is 19.0. The molecule has 0 unspecified atom stereocenters. The molecule has 0 aliphatic heterocycles. The summed E-state index contributed by atoms with van der Waals surface area (Å²) >= 11 is 2.92. The number of rotatable bonds is 5. The molecule has 3 aromatic heterocycles. The van der Waals surface area contributed by atoms with Crippen molar-refractivity contribution >= 4 is 23.1 Å². The first-order valence-corrected chi connectivity index (χ1v) is 10.0. The van der Waals surface area contributed by atoms with Crippen molar-refractivity contribution in [1.82, 2.24) is 25.4 Å². The Balaban J connectivity index is 1.50. The first-order valence-electron chi connectivity index (χ1n) is 8.34. The van der Waals surface area contributed by atoms with Crippen LogP contribution >= 0.6 is 23.1 Å². The third-order valence-electron chi connectivity index (χ3n) is 3.84. The van der Waals surface area contributed by atoms with Crippen LogP contribution in [0.3, 0.4) is 0 Å². The van der Waals surface area contributed by atoms with Crippen LogP contribution in [-0.2, 0) is 0 Å². The summed E-state index contributed by atoms with van der Waals surface area (Å²) < 4.78 is 11.6. The number of thiazole rings is 1. The van der Waals surface area contributed by atoms with Gasteiger partial charge in [-0.15, -0.1) is 31.7 Å². The maximum atomic E-state index is 5.83. The Labute approximate surface area is 164 Å². The number of benzene rings is 1. The van der Waals surface area contributed by atoms with Gasteiger partial charge in [0.1, 0.15) is 4.88 Å². The normalized spacial score (nSPS) is 12.4. The van der Waals surface area contributed by atoms with E-state index in [0.29, 0.717) is 22.9 Å². The maximum Gasteiger partial charge on any atom is 0.277 e. The fourth-order valence-electron chi connectivity index (χ4n) is 2.57. The molecule has 0 saturated carbocycles. The van der Waals surface area contributed by atoms with Crippen molar-refractivity contribution in [2.75, 3.05) is 0 Å². The van der Waals surface area contributed by atoms with Crippen LogP contribution in [0.2, 0.25) is 0 Å². The topological polar surface area (TPSA) is 90.7 Å². The van der Waals surface area contributed by atoms with Crippen molar-refractivity contribution in [1.29, 1.82) is 0 Å². The van der Waals surface area contributed by atoms with Crippen LogP contribution in [-0.4, -0.2) is 25.4 Å². The molecule has 138 valence electrons. The molecule has 0 fully saturated rings. The van der Waals surface area contributed by atoms with Crippen molar-refractivity contribution in [3.05, 3.63) is 46.4 Å². The van der Waals surface area contributed by atoms with E-state index in [4.69, 9.17) is 8.83 Å². The minimum absolute atomic E-state index is 0.117. The van der Waals surface area contributed by atoms with Crippen molar-refractivity contribution < 1.29 is 8.83 Å². The lowest BCUT2D eigenvalue weighted by Gasteiger charge is -2.01. The van der Waals surface area contributed by atoms with E-state index in [-0.39, 0.29) is 5.25 Å². The fraction of sp³-hybridized carbons (Fsp3) is 0.278. The minimum Gasteiger partial charge on any atom is -0.419 e. The zero-order valence-electron chi connectivity index (χ0n) is 15.3. The number of nitrogens with zero attached hydrogens (tertiary/aromatic N) is 5. The third kappa shape index (κ3) is 3.79. The molecule has 0 radical (unpaired) electrons. The van der Waals surface area contributed by atoms with Crippen LogP contribution < -0.4 is 0 Å². The van der Waals surface area contributed by atoms with E-state index in [1.165, 1.54) is 11.8 Å². The highest BCUT2D eigenvalue weighted by atomic mass is 32.2. The van der Waals surface area contributed by atoms with Crippen molar-refractivity contribution in [3.63, 3.8) is 0 Å². The quantitative estimate of drug-likeness (QED) is 0.432. The summed E-state index contributed by atoms with van der Waals surface area (Å²) in [6, 6.07) is 7.96. The number of hydrogen-bond acceptors (Lipinski definition) is 9. The molecular formula is C18H17N5O2S2. The van der Waals surface area contributed by atoms with Gasteiger partial charge in [-0.25, -0.2) is 4.98 Å². The molecule has 0 N–H and O–H groups in total. The highest BCUT2D eigenvalue weighted by Crippen LogP contribution is 2.37. The summed E-state index contributed by atoms with van der Waals surface area (Å²) in [5.74, 6) is 1.50. The van der Waals surface area contributed by atoms with Gasteiger partial charge in [0.15, 0.2) is 0 Å². The average molecular weight is 400 g/mol. The molecule has 0 saturated heterocycles. The number of aryl methyl sites for hydroxylation is 3. The minimum atomic E-state index is -0.117. The largest absolute Gasteiger partial charge is 0.419 e. The molecule has 7 nitrogen and oxygen atoms in total. The Morgan fingerprint density at radius 1 is 1.00 bits per heavy atom. The molecule has 3 heterocycles. The van der Waals surface area contributed by atoms with Gasteiger partial charge in [0, 0.05) is 5.56 Å². The Morgan fingerprint density at radius 2 is 1.81 bits per heavy atom. The third-order valence-corrected chi connectivity index (χ3v) is 5.82. The standard InChI is InChI=1S/C18H17N5O2S2/c1-9-6-5-7-13(8-9)16-21-20-15(24-16)11(3)26-18-23-22-17(25-18)14-10(2)19-12(4)27-14/h5-8,11H,1-4H3/t11-/m1/s1. The van der Waals surface area contributed by atoms with E-state index in [1.807, 2.05) is 52.0 Å². The molecule has 1 aromatic carbocycles. The SMILES string of the molecule is Cc1cccc(-c2nnc([C@@H](C)Sc3nnc(-c4sc(C)nc4C)o3)o2)c1. The lowest BCUT2D eigenvalue weighted by molar-refractivity contribution is 0.462. The Kier molecular flexibility index (Phi) is 4.79. The summed E-state index contributed by atoms with van der Waals surface area (Å²) in [7, 11) is 0. The van der Waals surface area contributed by atoms with E-state index in [1.54, 1.807) is 11.3 Å². The predicted octanol–water partition coefficient (Wildman–Crippen LogP) is 5.02. The van der Waals surface area contributed by atoms with Crippen LogP contribution in [0.1, 0.15) is 34.3 Å². The summed E-state index contributed by atoms with van der Waals surface area (Å²) in [5, 5.41) is 17.9. The van der Waals surface area contributed by atoms with Crippen molar-refractivity contribution in [2.24, 2.45) is 0 Å². The number of thioether (sulfide) groups is 1. The van der Waals surface area contributed by atoms with Gasteiger partial charge >= 0.3 is 0 Å². The van der Waals surface area contributed by atoms with E-state index < -0.39 is 0 Å². The Bertz CT molecular complexity index is 1090. The van der Waals surface area contributed by atoms with Gasteiger partial charge in [0.25, 0.3) is 11.1 Å². The molecule has 1 atom stereocenters. The monoisotopic (exact) mass is 399 g/mol. The Morgan fingerprint density at radius 3 is 2.56 bits per heavy atom. The second-order valence-electron chi connectivity index (χ2n) is 6.10. The van der Waals surface area contributed by atoms with Crippen LogP contribution in [0, 0.1) is 20.8 Å². The number of hydrogen-bond donors (Lipinski definition) is 0. The number of aromatic nitrogens is 5. The Hall–Kier alpha value is -2.52. The van der Waals surface area contributed by atoms with Crippen LogP contribution in [0.15, 0.2) is 38.3 Å². The first-order chi connectivity index (χ1) is 13.0. The second kappa shape index (κ2) is 7.24. The maximum absolute atomic E-state index is 5.83. The lowest BCUT2D eigenvalue weighted by Crippen LogP contribution is -1.88. The average Bonchev–Trinajstić information content (AvgIpc) is 3.35. The van der Waals surface area contributed by atoms with Gasteiger partial charge in [0.2, 0.25) is 11.8 Å². The van der Waals surface area contributed by atoms with Crippen LogP contribution in [0.25, 0.3) is 22.2 Å². The first kappa shape index (κ1) is 17.9. The van der Waals surface area contributed by atoms with Gasteiger partial charge < -0.3 is 8.83 Å². The fourth-order valence-corrected chi connectivity index (χ4v) is 4.13. The zero-order valence-corrected chi connectivity index (χ0v) is 16.9. The lowest BCUT2D eigenvalue weighted by atomic mass is 10.1. The van der Waals surface area contributed by atoms with Crippen LogP contribution in [0.5, 0.6) is 0 Å². The van der Waals surface area contributed by atoms with Gasteiger partial charge in [-0.1, -0.05) is 29.5 Å². The molecular weight excluding hydrogens is 382 g/mol. The highest BCUT2D eigenvalue weighted by Gasteiger charge is 2.21. The smallest absolute Gasteiger partial charge is 0.277 e. The predicted molar refractivity (Wildman–Crippen MR) is 104 cm³/mol. The summed E-state index contributed by atoms with van der Waals surface area (Å²) in [6.45, 7) is 7.88. The summed E-state index contributed by atoms with van der Waals surface area (Å²) in [4.78, 5) is 5.30. The molecule has 0 bridgehead atoms. The van der Waals surface area contributed by atoms with Gasteiger partial charge in [-0.3, -0.25) is 0 Å². The van der Waals surface area contributed by atoms with E-state index in [9.17, 15) is 0 Å². The molecule has 0 spiro atoms. The summed E-state index contributed by atoms with van der Waals surface area (Å²) in [5.41, 5.74) is 2.94. The highest BCUT2D eigenvalue weighted by molar-refractivity contribution is 7.99. The molecule has 27 heavy (non-hydrogen) atoms. The van der Waals surface area contributed by atoms with E-state index in [2.05, 4.69) is 25.4 Å². The molecule has 4 rings (SSSR count). The molecule has 0 aliphatic rings. The molecule has 0 amide bonds. The van der Waals surface area contributed by atoms with Gasteiger partial charge in [-0.2, -0.15) is 0 Å². The molecule has 0 aliphatic carbocycles. The van der Waals surface area contributed by atoms with Crippen LogP contribution in [0.4, 0.5) is 0 Å². The second-order valence-corrected chi connectivity index (χ2v) is 8.59. The van der Waals surface area contributed by atoms with Gasteiger partial charge in [0.05, 0.1) is 16.0 Å². The van der Waals surface area contributed by atoms with Crippen molar-refractivity contribution in [2.45, 2.75) is 38.2 Å². The van der Waals surface area contributed by atoms with E-state index >= 15 is 0 Å². The summed E-state index contributed by atoms with van der Waals surface area (Å²) in [6.07, 6.45) is 0.